The molecule has 2 atom stereocenters. The highest BCUT2D eigenvalue weighted by molar-refractivity contribution is 7.85. The number of rotatable bonds is 28. The number of amides is 1. The van der Waals surface area contributed by atoms with Crippen molar-refractivity contribution in [3.05, 3.63) is 48.6 Å². The fraction of sp³-hybridized carbons (Fsp3) is 0.735. The summed E-state index contributed by atoms with van der Waals surface area (Å²) in [5, 5.41) is 13.1. The van der Waals surface area contributed by atoms with Crippen molar-refractivity contribution in [3.63, 3.8) is 0 Å². The van der Waals surface area contributed by atoms with E-state index in [0.29, 0.717) is 12.8 Å². The molecule has 0 aromatic rings. The fourth-order valence-corrected chi connectivity index (χ4v) is 5.21. The van der Waals surface area contributed by atoms with Gasteiger partial charge in [0.1, 0.15) is 0 Å². The first-order valence-electron chi connectivity index (χ1n) is 16.3. The molecule has 2 unspecified atom stereocenters. The maximum atomic E-state index is 12.4. The van der Waals surface area contributed by atoms with Crippen LogP contribution in [0, 0.1) is 0 Å². The van der Waals surface area contributed by atoms with E-state index in [-0.39, 0.29) is 12.3 Å². The quantitative estimate of drug-likeness (QED) is 0.0476. The molecule has 0 aromatic heterocycles. The number of hydrogen-bond donors (Lipinski definition) is 3. The van der Waals surface area contributed by atoms with E-state index in [4.69, 9.17) is 0 Å². The molecule has 0 aromatic carbocycles. The van der Waals surface area contributed by atoms with Gasteiger partial charge in [0.05, 0.1) is 17.9 Å². The Balaban J connectivity index is 4.18. The Kier molecular flexibility index (Phi) is 27.2. The third kappa shape index (κ3) is 29.6. The Morgan fingerprint density at radius 1 is 0.634 bits per heavy atom. The van der Waals surface area contributed by atoms with Crippen LogP contribution in [-0.4, -0.2) is 41.9 Å². The molecule has 238 valence electrons. The van der Waals surface area contributed by atoms with Gasteiger partial charge in [0.15, 0.2) is 0 Å². The highest BCUT2D eigenvalue weighted by Gasteiger charge is 2.24. The minimum atomic E-state index is -4.35. The maximum Gasteiger partial charge on any atom is 0.267 e. The lowest BCUT2D eigenvalue weighted by atomic mass is 10.1. The van der Waals surface area contributed by atoms with E-state index in [9.17, 15) is 22.9 Å². The second-order valence-electron chi connectivity index (χ2n) is 11.1. The van der Waals surface area contributed by atoms with Crippen LogP contribution in [0.15, 0.2) is 48.6 Å². The van der Waals surface area contributed by atoms with Crippen LogP contribution >= 0.6 is 0 Å². The van der Waals surface area contributed by atoms with E-state index in [2.05, 4.69) is 55.6 Å². The van der Waals surface area contributed by atoms with Gasteiger partial charge in [0, 0.05) is 6.42 Å². The molecule has 3 N–H and O–H groups in total. The summed E-state index contributed by atoms with van der Waals surface area (Å²) in [5.74, 6) is -1.03. The van der Waals surface area contributed by atoms with Crippen LogP contribution in [0.3, 0.4) is 0 Å². The largest absolute Gasteiger partial charge is 0.387 e. The number of carbonyl (C=O) groups is 1. The van der Waals surface area contributed by atoms with Gasteiger partial charge < -0.3 is 10.4 Å². The van der Waals surface area contributed by atoms with Gasteiger partial charge in [0.25, 0.3) is 10.1 Å². The summed E-state index contributed by atoms with van der Waals surface area (Å²) >= 11 is 0. The summed E-state index contributed by atoms with van der Waals surface area (Å²) in [6.07, 6.45) is 36.6. The summed E-state index contributed by atoms with van der Waals surface area (Å²) in [4.78, 5) is 12.4. The monoisotopic (exact) mass is 595 g/mol. The predicted octanol–water partition coefficient (Wildman–Crippen LogP) is 8.79. The molecule has 0 aliphatic carbocycles. The van der Waals surface area contributed by atoms with E-state index in [1.54, 1.807) is 6.08 Å². The van der Waals surface area contributed by atoms with Crippen molar-refractivity contribution < 1.29 is 22.9 Å². The van der Waals surface area contributed by atoms with Gasteiger partial charge in [-0.3, -0.25) is 9.35 Å². The topological polar surface area (TPSA) is 104 Å². The van der Waals surface area contributed by atoms with E-state index in [1.807, 2.05) is 0 Å². The van der Waals surface area contributed by atoms with Crippen LogP contribution in [-0.2, 0) is 14.9 Å². The number of allylic oxidation sites excluding steroid dienone is 7. The molecule has 7 heteroatoms. The number of hydrogen-bond acceptors (Lipinski definition) is 4. The zero-order valence-corrected chi connectivity index (χ0v) is 27.0. The number of nitrogens with one attached hydrogen (secondary N) is 1. The van der Waals surface area contributed by atoms with Gasteiger partial charge >= 0.3 is 0 Å². The molecule has 41 heavy (non-hydrogen) atoms. The summed E-state index contributed by atoms with van der Waals surface area (Å²) in [7, 11) is -4.35. The summed E-state index contributed by atoms with van der Waals surface area (Å²) in [6.45, 7) is 4.44. The van der Waals surface area contributed by atoms with Crippen LogP contribution in [0.4, 0.5) is 0 Å². The van der Waals surface area contributed by atoms with Gasteiger partial charge in [-0.05, 0) is 70.6 Å². The summed E-state index contributed by atoms with van der Waals surface area (Å²) in [5.41, 5.74) is 0. The first kappa shape index (κ1) is 39.3. The van der Waals surface area contributed by atoms with Gasteiger partial charge in [-0.2, -0.15) is 8.42 Å². The van der Waals surface area contributed by atoms with Crippen molar-refractivity contribution in [1.29, 1.82) is 0 Å². The van der Waals surface area contributed by atoms with Crippen molar-refractivity contribution in [2.24, 2.45) is 0 Å². The van der Waals surface area contributed by atoms with Crippen molar-refractivity contribution >= 4 is 16.0 Å². The first-order valence-corrected chi connectivity index (χ1v) is 17.9. The molecule has 0 aliphatic heterocycles. The Labute approximate surface area is 252 Å². The SMILES string of the molecule is CCCCC/C=C\CCCCCCCC(=O)NC(CS(=O)(=O)O)C(O)/C=C/CC/C=C/CC/C=C/CCCCCC. The zero-order chi connectivity index (χ0) is 30.4. The van der Waals surface area contributed by atoms with E-state index >= 15 is 0 Å². The average Bonchev–Trinajstić information content (AvgIpc) is 2.92. The lowest BCUT2D eigenvalue weighted by molar-refractivity contribution is -0.122. The third-order valence-electron chi connectivity index (χ3n) is 6.96. The number of aliphatic hydroxyl groups excluding tert-OH is 1. The molecule has 1 amide bonds. The Morgan fingerprint density at radius 3 is 1.59 bits per heavy atom. The smallest absolute Gasteiger partial charge is 0.267 e. The predicted molar refractivity (Wildman–Crippen MR) is 175 cm³/mol. The Hall–Kier alpha value is -1.70. The van der Waals surface area contributed by atoms with Crippen molar-refractivity contribution in [2.45, 2.75) is 154 Å². The van der Waals surface area contributed by atoms with Gasteiger partial charge in [-0.25, -0.2) is 0 Å². The first-order chi connectivity index (χ1) is 19.8. The molecule has 6 nitrogen and oxygen atoms in total. The minimum Gasteiger partial charge on any atom is -0.387 e. The molecule has 0 aliphatic rings. The van der Waals surface area contributed by atoms with Gasteiger partial charge in [-0.15, -0.1) is 0 Å². The molecule has 0 fully saturated rings. The third-order valence-corrected chi connectivity index (χ3v) is 7.74. The fourth-order valence-electron chi connectivity index (χ4n) is 4.47. The molecular weight excluding hydrogens is 534 g/mol. The van der Waals surface area contributed by atoms with E-state index < -0.39 is 28.0 Å². The van der Waals surface area contributed by atoms with Crippen molar-refractivity contribution in [3.8, 4) is 0 Å². The minimum absolute atomic E-state index is 0.272. The highest BCUT2D eigenvalue weighted by atomic mass is 32.2. The molecular formula is C34H61NO5S. The normalized spacial score (nSPS) is 14.1. The zero-order valence-electron chi connectivity index (χ0n) is 26.2. The lowest BCUT2D eigenvalue weighted by Crippen LogP contribution is -2.46. The summed E-state index contributed by atoms with van der Waals surface area (Å²) in [6, 6.07) is -1.08. The molecule has 0 rings (SSSR count). The Morgan fingerprint density at radius 2 is 1.05 bits per heavy atom. The van der Waals surface area contributed by atoms with Gasteiger partial charge in [0.2, 0.25) is 5.91 Å². The highest BCUT2D eigenvalue weighted by Crippen LogP contribution is 2.10. The van der Waals surface area contributed by atoms with Crippen LogP contribution in [0.1, 0.15) is 142 Å². The lowest BCUT2D eigenvalue weighted by Gasteiger charge is -2.21. The second-order valence-corrected chi connectivity index (χ2v) is 12.6. The molecule has 0 bridgehead atoms. The van der Waals surface area contributed by atoms with Crippen molar-refractivity contribution in [2.75, 3.05) is 5.75 Å². The Bertz CT molecular complexity index is 832. The number of aliphatic hydroxyl groups is 1. The second kappa shape index (κ2) is 28.4. The summed E-state index contributed by atoms with van der Waals surface area (Å²) < 4.78 is 32.2. The van der Waals surface area contributed by atoms with Crippen LogP contribution < -0.4 is 5.32 Å². The van der Waals surface area contributed by atoms with Crippen LogP contribution in [0.5, 0.6) is 0 Å². The average molecular weight is 596 g/mol. The van der Waals surface area contributed by atoms with E-state index in [1.165, 1.54) is 57.4 Å². The standard InChI is InChI=1S/C34H61NO5S/c1-3-5-7-9-11-13-15-17-18-19-21-23-25-27-29-33(36)32(31-41(38,39)40)35-34(37)30-28-26-24-22-20-16-14-12-10-8-6-4-2/h12-15,19,21,27,29,32-33,36H,3-11,16-18,20,22-26,28,30-31H2,1-2H3,(H,35,37)(H,38,39,40)/b14-12-,15-13+,21-19+,29-27+. The van der Waals surface area contributed by atoms with Crippen molar-refractivity contribution in [1.82, 2.24) is 5.32 Å². The van der Waals surface area contributed by atoms with Gasteiger partial charge in [-0.1, -0.05) is 114 Å². The van der Waals surface area contributed by atoms with Crippen LogP contribution in [0.2, 0.25) is 0 Å². The molecule has 0 radical (unpaired) electrons. The maximum absolute atomic E-state index is 12.4. The molecule has 0 heterocycles. The number of carbonyl (C=O) groups excluding carboxylic acids is 1. The van der Waals surface area contributed by atoms with E-state index in [0.717, 1.165) is 57.8 Å². The molecule has 0 saturated carbocycles. The number of unbranched alkanes of at least 4 members (excludes halogenated alkanes) is 14. The molecule has 0 saturated heterocycles. The van der Waals surface area contributed by atoms with Crippen LogP contribution in [0.25, 0.3) is 0 Å². The molecule has 0 spiro atoms.